The normalized spacial score (nSPS) is 11.4. The van der Waals surface area contributed by atoms with Crippen molar-refractivity contribution >= 4 is 23.9 Å². The van der Waals surface area contributed by atoms with E-state index in [-0.39, 0.29) is 52.1 Å². The molecular formula is C46H54O9. The zero-order valence-electron chi connectivity index (χ0n) is 31.7. The van der Waals surface area contributed by atoms with Gasteiger partial charge in [-0.3, -0.25) is 19.2 Å². The summed E-state index contributed by atoms with van der Waals surface area (Å²) < 4.78 is 28.5. The minimum Gasteiger partial charge on any atom is -0.463 e. The van der Waals surface area contributed by atoms with E-state index >= 15 is 0 Å². The minimum atomic E-state index is -0.923. The average molecular weight is 751 g/mol. The first-order valence-electron chi connectivity index (χ1n) is 19.4. The highest BCUT2D eigenvalue weighted by Gasteiger charge is 2.22. The fourth-order valence-electron chi connectivity index (χ4n) is 5.85. The van der Waals surface area contributed by atoms with Gasteiger partial charge in [0.1, 0.15) is 25.9 Å². The van der Waals surface area contributed by atoms with Gasteiger partial charge in [0.25, 0.3) is 0 Å². The third kappa shape index (κ3) is 19.0. The van der Waals surface area contributed by atoms with Gasteiger partial charge in [-0.1, -0.05) is 121 Å². The van der Waals surface area contributed by atoms with Crippen LogP contribution in [0.1, 0.15) is 73.6 Å². The number of benzene rings is 4. The summed E-state index contributed by atoms with van der Waals surface area (Å²) in [7, 11) is 0. The third-order valence-corrected chi connectivity index (χ3v) is 8.86. The van der Waals surface area contributed by atoms with Crippen LogP contribution in [0.3, 0.4) is 0 Å². The van der Waals surface area contributed by atoms with Gasteiger partial charge in [-0.05, 0) is 73.6 Å². The Morgan fingerprint density at radius 3 is 0.982 bits per heavy atom. The van der Waals surface area contributed by atoms with E-state index in [2.05, 4.69) is 0 Å². The minimum absolute atomic E-state index is 0.163. The summed E-state index contributed by atoms with van der Waals surface area (Å²) in [6, 6.07) is 39.5. The molecule has 0 N–H and O–H groups in total. The number of hydrogen-bond acceptors (Lipinski definition) is 9. The molecule has 0 saturated heterocycles. The molecule has 4 rings (SSSR count). The first kappa shape index (κ1) is 42.5. The number of carbonyl (C=O) groups is 4. The molecule has 0 radical (unpaired) electrons. The van der Waals surface area contributed by atoms with Gasteiger partial charge in [-0.25, -0.2) is 0 Å². The second-order valence-electron chi connectivity index (χ2n) is 13.5. The van der Waals surface area contributed by atoms with Gasteiger partial charge in [-0.2, -0.15) is 0 Å². The van der Waals surface area contributed by atoms with Crippen molar-refractivity contribution in [2.45, 2.75) is 89.3 Å². The van der Waals surface area contributed by atoms with E-state index in [0.29, 0.717) is 32.1 Å². The Balaban J connectivity index is 1.30. The van der Waals surface area contributed by atoms with Gasteiger partial charge < -0.3 is 23.7 Å². The summed E-state index contributed by atoms with van der Waals surface area (Å²) in [4.78, 5) is 51.0. The molecule has 4 aromatic carbocycles. The fourth-order valence-corrected chi connectivity index (χ4v) is 5.85. The second-order valence-corrected chi connectivity index (χ2v) is 13.5. The van der Waals surface area contributed by atoms with Crippen molar-refractivity contribution in [2.24, 2.45) is 0 Å². The second kappa shape index (κ2) is 25.7. The molecule has 9 nitrogen and oxygen atoms in total. The largest absolute Gasteiger partial charge is 0.463 e. The lowest BCUT2D eigenvalue weighted by molar-refractivity contribution is -0.169. The molecule has 55 heavy (non-hydrogen) atoms. The van der Waals surface area contributed by atoms with Crippen LogP contribution in [-0.4, -0.2) is 62.5 Å². The maximum atomic E-state index is 12.9. The monoisotopic (exact) mass is 750 g/mol. The topological polar surface area (TPSA) is 114 Å². The smallest absolute Gasteiger partial charge is 0.306 e. The first-order valence-corrected chi connectivity index (χ1v) is 19.4. The number of carbonyl (C=O) groups excluding carboxylic acids is 4. The Kier molecular flexibility index (Phi) is 19.8. The molecule has 0 unspecified atom stereocenters. The molecule has 4 aromatic rings. The van der Waals surface area contributed by atoms with Crippen LogP contribution < -0.4 is 0 Å². The van der Waals surface area contributed by atoms with Crippen LogP contribution in [0, 0.1) is 0 Å². The van der Waals surface area contributed by atoms with Crippen molar-refractivity contribution < 1.29 is 42.9 Å². The number of ether oxygens (including phenoxy) is 5. The molecule has 9 heteroatoms. The molecule has 0 aliphatic rings. The molecule has 0 aliphatic carbocycles. The lowest BCUT2D eigenvalue weighted by atomic mass is 10.1. The molecular weight excluding hydrogens is 696 g/mol. The molecule has 0 heterocycles. The van der Waals surface area contributed by atoms with Crippen molar-refractivity contribution in [1.82, 2.24) is 0 Å². The van der Waals surface area contributed by atoms with E-state index in [9.17, 15) is 19.2 Å². The summed E-state index contributed by atoms with van der Waals surface area (Å²) in [6.07, 6.45) is 4.38. The Morgan fingerprint density at radius 1 is 0.364 bits per heavy atom. The number of hydrogen-bond donors (Lipinski definition) is 0. The Morgan fingerprint density at radius 2 is 0.655 bits per heavy atom. The van der Waals surface area contributed by atoms with Crippen molar-refractivity contribution in [3.8, 4) is 0 Å². The molecule has 292 valence electrons. The molecule has 1 atom stereocenters. The summed E-state index contributed by atoms with van der Waals surface area (Å²) in [6.45, 7) is -0.708. The Labute approximate surface area is 325 Å². The van der Waals surface area contributed by atoms with Gasteiger partial charge in [0.2, 0.25) is 0 Å². The van der Waals surface area contributed by atoms with E-state index in [4.69, 9.17) is 23.7 Å². The summed E-state index contributed by atoms with van der Waals surface area (Å²) in [5.74, 6) is -1.66. The fraction of sp³-hybridized carbons (Fsp3) is 0.391. The highest BCUT2D eigenvalue weighted by atomic mass is 16.6. The maximum absolute atomic E-state index is 12.9. The van der Waals surface area contributed by atoms with Gasteiger partial charge in [0, 0.05) is 25.7 Å². The lowest BCUT2D eigenvalue weighted by Crippen LogP contribution is -2.35. The molecule has 0 saturated carbocycles. The highest BCUT2D eigenvalue weighted by Crippen LogP contribution is 2.12. The summed E-state index contributed by atoms with van der Waals surface area (Å²) >= 11 is 0. The van der Waals surface area contributed by atoms with E-state index < -0.39 is 36.1 Å². The van der Waals surface area contributed by atoms with Crippen LogP contribution in [0.5, 0.6) is 0 Å². The standard InChI is InChI=1S/C46H54O9/c47-43(29-13-25-37-17-5-1-6-18-37)52-33-41(34-53-44(48)30-14-26-38-19-7-2-8-20-38)51-35-42(55-46(50)32-16-28-40-23-11-4-12-24-40)36-54-45(49)31-15-27-39-21-9-3-10-22-39/h1-12,17-24,41-42H,13-16,25-36H2/t42-/m0/s1. The van der Waals surface area contributed by atoms with E-state index in [1.807, 2.05) is 121 Å². The van der Waals surface area contributed by atoms with Crippen LogP contribution >= 0.6 is 0 Å². The van der Waals surface area contributed by atoms with Crippen LogP contribution in [0.4, 0.5) is 0 Å². The number of rotatable bonds is 26. The van der Waals surface area contributed by atoms with Gasteiger partial charge >= 0.3 is 23.9 Å². The quantitative estimate of drug-likeness (QED) is 0.0465. The van der Waals surface area contributed by atoms with Gasteiger partial charge in [0.05, 0.1) is 6.61 Å². The van der Waals surface area contributed by atoms with Gasteiger partial charge in [0.15, 0.2) is 6.10 Å². The van der Waals surface area contributed by atoms with Crippen molar-refractivity contribution in [3.63, 3.8) is 0 Å². The van der Waals surface area contributed by atoms with Crippen molar-refractivity contribution in [2.75, 3.05) is 26.4 Å². The molecule has 0 fully saturated rings. The average Bonchev–Trinajstić information content (AvgIpc) is 3.21. The van der Waals surface area contributed by atoms with Crippen LogP contribution in [0.2, 0.25) is 0 Å². The molecule has 0 aliphatic heterocycles. The number of esters is 4. The third-order valence-electron chi connectivity index (χ3n) is 8.86. The highest BCUT2D eigenvalue weighted by molar-refractivity contribution is 5.71. The predicted molar refractivity (Wildman–Crippen MR) is 210 cm³/mol. The summed E-state index contributed by atoms with van der Waals surface area (Å²) in [5, 5.41) is 0. The maximum Gasteiger partial charge on any atom is 0.306 e. The number of aryl methyl sites for hydroxylation is 4. The summed E-state index contributed by atoms with van der Waals surface area (Å²) in [5.41, 5.74) is 4.51. The van der Waals surface area contributed by atoms with Crippen LogP contribution in [0.15, 0.2) is 121 Å². The molecule has 0 aromatic heterocycles. The van der Waals surface area contributed by atoms with Crippen molar-refractivity contribution in [1.29, 1.82) is 0 Å². The zero-order chi connectivity index (χ0) is 38.8. The SMILES string of the molecule is O=C(CCCc1ccccc1)OCC(COC(=O)CCCc1ccccc1)OC[C@@H](COC(=O)CCCc1ccccc1)OC(=O)CCCc1ccccc1. The van der Waals surface area contributed by atoms with E-state index in [1.165, 1.54) is 0 Å². The van der Waals surface area contributed by atoms with Crippen LogP contribution in [0.25, 0.3) is 0 Å². The van der Waals surface area contributed by atoms with Gasteiger partial charge in [-0.15, -0.1) is 0 Å². The Bertz CT molecular complexity index is 1600. The Hall–Kier alpha value is -5.28. The van der Waals surface area contributed by atoms with E-state index in [0.717, 1.165) is 41.5 Å². The first-order chi connectivity index (χ1) is 26.9. The van der Waals surface area contributed by atoms with Crippen LogP contribution in [-0.2, 0) is 68.5 Å². The lowest BCUT2D eigenvalue weighted by Gasteiger charge is -2.23. The molecule has 0 amide bonds. The molecule has 0 spiro atoms. The van der Waals surface area contributed by atoms with Crippen molar-refractivity contribution in [3.05, 3.63) is 144 Å². The molecule has 0 bridgehead atoms. The zero-order valence-corrected chi connectivity index (χ0v) is 31.7. The predicted octanol–water partition coefficient (Wildman–Crippen LogP) is 8.00. The van der Waals surface area contributed by atoms with E-state index in [1.54, 1.807) is 0 Å².